The predicted octanol–water partition coefficient (Wildman–Crippen LogP) is 9.44. The molecule has 228 valence electrons. The molecule has 0 spiro atoms. The van der Waals surface area contributed by atoms with Crippen LogP contribution in [0, 0.1) is 0 Å². The van der Waals surface area contributed by atoms with Crippen molar-refractivity contribution in [1.29, 1.82) is 0 Å². The zero-order valence-corrected chi connectivity index (χ0v) is 26.0. The number of nitrogens with one attached hydrogen (secondary N) is 5. The van der Waals surface area contributed by atoms with E-state index in [9.17, 15) is 0 Å². The Morgan fingerprint density at radius 1 is 0.574 bits per heavy atom. The van der Waals surface area contributed by atoms with Crippen molar-refractivity contribution in [2.75, 3.05) is 0 Å². The van der Waals surface area contributed by atoms with E-state index in [1.807, 2.05) is 36.9 Å². The lowest BCUT2D eigenvalue weighted by atomic mass is 9.97. The van der Waals surface area contributed by atoms with Crippen molar-refractivity contribution in [2.24, 2.45) is 0 Å². The number of hydrogen-bond acceptors (Lipinski definition) is 2. The van der Waals surface area contributed by atoms with Gasteiger partial charge in [0.05, 0.1) is 33.8 Å². The Balaban J connectivity index is 1.59. The molecule has 0 radical (unpaired) electrons. The first-order chi connectivity index (χ1) is 23.1. The van der Waals surface area contributed by atoms with Crippen molar-refractivity contribution in [1.82, 2.24) is 39.5 Å². The molecule has 8 bridgehead atoms. The first-order valence-electron chi connectivity index (χ1n) is 15.9. The maximum absolute atomic E-state index is 5.41. The molecule has 2 aliphatic heterocycles. The summed E-state index contributed by atoms with van der Waals surface area (Å²) in [5.41, 5.74) is 15.8. The van der Waals surface area contributed by atoms with Crippen LogP contribution in [0.25, 0.3) is 79.6 Å². The molecule has 0 aromatic carbocycles. The molecule has 5 N–H and O–H groups in total. The number of fused-ring (bicyclic) bond motifs is 8. The van der Waals surface area contributed by atoms with Crippen molar-refractivity contribution in [3.63, 3.8) is 0 Å². The van der Waals surface area contributed by atoms with E-state index >= 15 is 0 Å². The molecule has 0 atom stereocenters. The zero-order chi connectivity index (χ0) is 31.5. The van der Waals surface area contributed by atoms with Gasteiger partial charge < -0.3 is 29.5 Å². The van der Waals surface area contributed by atoms with Crippen LogP contribution in [0.5, 0.6) is 0 Å². The summed E-state index contributed by atoms with van der Waals surface area (Å²) in [6, 6.07) is 27.4. The fourth-order valence-corrected chi connectivity index (χ4v) is 6.91. The van der Waals surface area contributed by atoms with Gasteiger partial charge >= 0.3 is 0 Å². The van der Waals surface area contributed by atoms with Crippen LogP contribution in [-0.4, -0.2) is 39.5 Å². The number of aromatic amines is 5. The Bertz CT molecular complexity index is 2460. The van der Waals surface area contributed by atoms with Crippen LogP contribution in [0.2, 0.25) is 0 Å². The molecular weight excluding hydrogens is 580 g/mol. The van der Waals surface area contributed by atoms with Crippen molar-refractivity contribution < 1.29 is 0 Å². The lowest BCUT2D eigenvalue weighted by molar-refractivity contribution is 0.641. The first kappa shape index (κ1) is 27.1. The summed E-state index contributed by atoms with van der Waals surface area (Å²) in [7, 11) is 0. The molecule has 0 aliphatic carbocycles. The largest absolute Gasteiger partial charge is 0.361 e. The van der Waals surface area contributed by atoms with Crippen molar-refractivity contribution >= 4 is 45.9 Å². The minimum absolute atomic E-state index is 0.0869. The van der Waals surface area contributed by atoms with Gasteiger partial charge in [-0.1, -0.05) is 0 Å². The van der Waals surface area contributed by atoms with Crippen LogP contribution in [-0.2, 0) is 0 Å². The van der Waals surface area contributed by atoms with Crippen LogP contribution in [0.3, 0.4) is 0 Å². The third-order valence-electron chi connectivity index (χ3n) is 8.82. The Kier molecular flexibility index (Phi) is 6.14. The number of hydrogen-bond donors (Lipinski definition) is 5. The van der Waals surface area contributed by atoms with Gasteiger partial charge in [-0.3, -0.25) is 0 Å². The Morgan fingerprint density at radius 3 is 1.72 bits per heavy atom. The molecule has 8 nitrogen and oxygen atoms in total. The summed E-state index contributed by atoms with van der Waals surface area (Å²) in [5.74, 6) is 0. The fraction of sp³-hybridized carbons (Fsp3) is 0.0769. The molecule has 0 unspecified atom stereocenters. The van der Waals surface area contributed by atoms with E-state index in [1.165, 1.54) is 0 Å². The van der Waals surface area contributed by atoms with Crippen molar-refractivity contribution in [3.05, 3.63) is 132 Å². The lowest BCUT2D eigenvalue weighted by Crippen LogP contribution is -2.03. The lowest BCUT2D eigenvalue weighted by Gasteiger charge is -2.16. The van der Waals surface area contributed by atoms with E-state index in [1.54, 1.807) is 0 Å². The van der Waals surface area contributed by atoms with E-state index in [4.69, 9.17) is 9.97 Å². The summed E-state index contributed by atoms with van der Waals surface area (Å²) in [6.45, 7) is 4.48. The van der Waals surface area contributed by atoms with Gasteiger partial charge in [-0.25, -0.2) is 9.97 Å². The third-order valence-corrected chi connectivity index (χ3v) is 8.82. The van der Waals surface area contributed by atoms with Gasteiger partial charge in [0.1, 0.15) is 0 Å². The average Bonchev–Trinajstić information content (AvgIpc) is 3.91. The second-order valence-corrected chi connectivity index (χ2v) is 12.2. The minimum atomic E-state index is 0.0869. The van der Waals surface area contributed by atoms with Gasteiger partial charge in [0, 0.05) is 86.9 Å². The third kappa shape index (κ3) is 4.53. The Hall–Kier alpha value is -6.28. The molecule has 9 rings (SSSR count). The zero-order valence-electron chi connectivity index (χ0n) is 26.0. The van der Waals surface area contributed by atoms with Gasteiger partial charge in [0.25, 0.3) is 0 Å². The Morgan fingerprint density at radius 2 is 1.13 bits per heavy atom. The molecule has 47 heavy (non-hydrogen) atoms. The van der Waals surface area contributed by atoms with E-state index in [-0.39, 0.29) is 6.04 Å². The quantitative estimate of drug-likeness (QED) is 0.133. The number of aromatic nitrogens is 8. The van der Waals surface area contributed by atoms with Crippen molar-refractivity contribution in [2.45, 2.75) is 19.9 Å². The number of nitrogens with zero attached hydrogens (tertiary/aromatic N) is 3. The van der Waals surface area contributed by atoms with Gasteiger partial charge in [0.15, 0.2) is 0 Å². The van der Waals surface area contributed by atoms with Gasteiger partial charge in [-0.05, 0) is 111 Å². The van der Waals surface area contributed by atoms with Crippen LogP contribution in [0.4, 0.5) is 0 Å². The highest BCUT2D eigenvalue weighted by atomic mass is 15.0. The maximum atomic E-state index is 5.41. The van der Waals surface area contributed by atoms with E-state index < -0.39 is 0 Å². The van der Waals surface area contributed by atoms with Crippen LogP contribution in [0.15, 0.2) is 104 Å². The van der Waals surface area contributed by atoms with E-state index in [2.05, 4.69) is 128 Å². The fourth-order valence-electron chi connectivity index (χ4n) is 6.91. The van der Waals surface area contributed by atoms with Crippen LogP contribution < -0.4 is 0 Å². The smallest absolute Gasteiger partial charge is 0.0845 e. The van der Waals surface area contributed by atoms with Gasteiger partial charge in [-0.15, -0.1) is 0 Å². The highest BCUT2D eigenvalue weighted by Crippen LogP contribution is 2.47. The summed E-state index contributed by atoms with van der Waals surface area (Å²) >= 11 is 0. The Labute approximate surface area is 270 Å². The topological polar surface area (TPSA) is 110 Å². The molecular formula is C39H32N8. The highest BCUT2D eigenvalue weighted by Gasteiger charge is 2.28. The predicted molar refractivity (Wildman–Crippen MR) is 191 cm³/mol. The summed E-state index contributed by atoms with van der Waals surface area (Å²) in [4.78, 5) is 28.1. The molecule has 7 aromatic heterocycles. The molecule has 0 amide bonds. The molecule has 7 aromatic rings. The molecule has 9 heterocycles. The van der Waals surface area contributed by atoms with Gasteiger partial charge in [-0.2, -0.15) is 0 Å². The SMILES string of the molecule is CC(C)n1c2cc3nc(cc4ccc(cc5nc(c(-c6ccc[nH]6)c1c(-c1ccc[nH]1)c2-c1ccc[nH]1)C(c1ccc[nH]1)=C5)[nH]4)C=C3. The second kappa shape index (κ2) is 10.7. The van der Waals surface area contributed by atoms with Crippen LogP contribution in [0.1, 0.15) is 48.4 Å². The second-order valence-electron chi connectivity index (χ2n) is 12.2. The van der Waals surface area contributed by atoms with E-state index in [0.717, 1.165) is 89.9 Å². The van der Waals surface area contributed by atoms with Crippen molar-refractivity contribution in [3.8, 4) is 33.8 Å². The molecule has 0 fully saturated rings. The molecule has 0 saturated carbocycles. The van der Waals surface area contributed by atoms with Crippen LogP contribution >= 0.6 is 0 Å². The monoisotopic (exact) mass is 612 g/mol. The maximum Gasteiger partial charge on any atom is 0.0845 e. The average molecular weight is 613 g/mol. The van der Waals surface area contributed by atoms with E-state index in [0.29, 0.717) is 0 Å². The normalized spacial score (nSPS) is 12.7. The highest BCUT2D eigenvalue weighted by molar-refractivity contribution is 6.10. The number of H-pyrrole nitrogens is 5. The summed E-state index contributed by atoms with van der Waals surface area (Å²) in [5, 5.41) is 0. The summed E-state index contributed by atoms with van der Waals surface area (Å²) in [6.07, 6.45) is 14.2. The first-order valence-corrected chi connectivity index (χ1v) is 15.9. The number of rotatable bonds is 5. The minimum Gasteiger partial charge on any atom is -0.361 e. The molecule has 8 heteroatoms. The van der Waals surface area contributed by atoms with Gasteiger partial charge in [0.2, 0.25) is 0 Å². The standard InChI is InChI=1S/C39H32N8/c1-23(2)47-34-22-27-14-13-25(45-27)19-24-11-12-26(44-24)20-28-21-29(30-7-3-15-40-30)38(46-28)37(33-10-6-18-43-33)39(47)36(32-9-5-17-42-32)35(34)31-8-4-16-41-31/h3-23,40-44H,1-2H3. The summed E-state index contributed by atoms with van der Waals surface area (Å²) < 4.78 is 2.44. The molecule has 0 saturated heterocycles. The molecule has 2 aliphatic rings.